The van der Waals surface area contributed by atoms with Gasteiger partial charge >= 0.3 is 0 Å². The summed E-state index contributed by atoms with van der Waals surface area (Å²) < 4.78 is 33.1. The van der Waals surface area contributed by atoms with Gasteiger partial charge in [-0.15, -0.1) is 0 Å². The molecule has 0 fully saturated rings. The zero-order valence-electron chi connectivity index (χ0n) is 16.9. The Kier molecular flexibility index (Phi) is 6.37. The molecule has 1 aromatic heterocycles. The Bertz CT molecular complexity index is 1270. The Morgan fingerprint density at radius 3 is 2.16 bits per heavy atom. The number of anilines is 1. The highest BCUT2D eigenvalue weighted by Gasteiger charge is 2.20. The number of sulfonamides is 1. The third kappa shape index (κ3) is 5.07. The first-order chi connectivity index (χ1) is 14.6. The molecule has 0 bridgehead atoms. The average Bonchev–Trinajstić information content (AvgIpc) is 3.14. The summed E-state index contributed by atoms with van der Waals surface area (Å²) >= 11 is 6.08. The Balaban J connectivity index is 1.78. The van der Waals surface area contributed by atoms with Crippen LogP contribution in [0.25, 0.3) is 0 Å². The molecular formula is C21H20ClN3O5S. The van der Waals surface area contributed by atoms with Crippen molar-refractivity contribution in [3.8, 4) is 0 Å². The predicted octanol–water partition coefficient (Wildman–Crippen LogP) is 3.73. The highest BCUT2D eigenvalue weighted by Crippen LogP contribution is 2.23. The van der Waals surface area contributed by atoms with E-state index in [1.807, 2.05) is 13.8 Å². The topological polar surface area (TPSA) is 118 Å². The van der Waals surface area contributed by atoms with Crippen molar-refractivity contribution in [1.29, 1.82) is 0 Å². The van der Waals surface area contributed by atoms with Crippen LogP contribution in [0.15, 0.2) is 58.0 Å². The molecule has 0 aliphatic heterocycles. The second kappa shape index (κ2) is 8.83. The molecule has 0 spiro atoms. The molecule has 0 radical (unpaired) electrons. The van der Waals surface area contributed by atoms with Crippen molar-refractivity contribution in [2.24, 2.45) is 0 Å². The average molecular weight is 462 g/mol. The largest absolute Gasteiger partial charge is 0.469 e. The number of hydrogen-bond acceptors (Lipinski definition) is 5. The van der Waals surface area contributed by atoms with Gasteiger partial charge in [-0.05, 0) is 68.3 Å². The highest BCUT2D eigenvalue weighted by molar-refractivity contribution is 7.92. The molecule has 1 heterocycles. The SMILES string of the molecule is Cc1ccc(NS(=O)(=O)c2ccc(Cl)c(C(=O)NNC(=O)c3ccoc3C)c2)cc1C. The number of carbonyl (C=O) groups is 2. The molecule has 0 saturated carbocycles. The number of hydrogen-bond donors (Lipinski definition) is 3. The Morgan fingerprint density at radius 1 is 0.871 bits per heavy atom. The number of carbonyl (C=O) groups excluding carboxylic acids is 2. The Hall–Kier alpha value is -3.30. The molecule has 3 N–H and O–H groups in total. The van der Waals surface area contributed by atoms with E-state index < -0.39 is 21.8 Å². The van der Waals surface area contributed by atoms with Crippen molar-refractivity contribution in [2.45, 2.75) is 25.7 Å². The first-order valence-electron chi connectivity index (χ1n) is 9.13. The van der Waals surface area contributed by atoms with Gasteiger partial charge in [-0.2, -0.15) is 0 Å². The fraction of sp³-hybridized carbons (Fsp3) is 0.143. The minimum Gasteiger partial charge on any atom is -0.469 e. The normalized spacial score (nSPS) is 11.1. The maximum Gasteiger partial charge on any atom is 0.273 e. The minimum absolute atomic E-state index is 0.0244. The van der Waals surface area contributed by atoms with Gasteiger partial charge < -0.3 is 4.42 Å². The lowest BCUT2D eigenvalue weighted by Gasteiger charge is -2.12. The quantitative estimate of drug-likeness (QED) is 0.500. The number of amides is 2. The molecule has 0 saturated heterocycles. The standard InChI is InChI=1S/C21H20ClN3O5S/c1-12-4-5-15(10-13(12)2)25-31(28,29)16-6-7-19(22)18(11-16)21(27)24-23-20(26)17-8-9-30-14(17)3/h4-11,25H,1-3H3,(H,23,26)(H,24,27). The van der Waals surface area contributed by atoms with Gasteiger partial charge in [0.25, 0.3) is 21.8 Å². The fourth-order valence-electron chi connectivity index (χ4n) is 2.73. The van der Waals surface area contributed by atoms with E-state index in [0.29, 0.717) is 11.4 Å². The Labute approximate surface area is 184 Å². The molecule has 0 atom stereocenters. The lowest BCUT2D eigenvalue weighted by atomic mass is 10.1. The van der Waals surface area contributed by atoms with Gasteiger partial charge in [0.15, 0.2) is 0 Å². The summed E-state index contributed by atoms with van der Waals surface area (Å²) in [6.45, 7) is 5.39. The van der Waals surface area contributed by atoms with Gasteiger partial charge in [-0.3, -0.25) is 25.2 Å². The number of rotatable bonds is 5. The van der Waals surface area contributed by atoms with Crippen LogP contribution in [-0.4, -0.2) is 20.2 Å². The Morgan fingerprint density at radius 2 is 1.55 bits per heavy atom. The molecule has 0 aliphatic carbocycles. The number of aryl methyl sites for hydroxylation is 3. The fourth-order valence-corrected chi connectivity index (χ4v) is 4.01. The van der Waals surface area contributed by atoms with Crippen molar-refractivity contribution >= 4 is 39.1 Å². The number of furan rings is 1. The summed E-state index contributed by atoms with van der Waals surface area (Å²) in [5.74, 6) is -0.978. The zero-order chi connectivity index (χ0) is 22.8. The van der Waals surface area contributed by atoms with E-state index in [1.54, 1.807) is 25.1 Å². The van der Waals surface area contributed by atoms with E-state index in [4.69, 9.17) is 16.0 Å². The van der Waals surface area contributed by atoms with Crippen LogP contribution >= 0.6 is 11.6 Å². The van der Waals surface area contributed by atoms with E-state index in [1.165, 1.54) is 24.5 Å². The summed E-state index contributed by atoms with van der Waals surface area (Å²) in [7, 11) is -3.98. The molecule has 31 heavy (non-hydrogen) atoms. The maximum absolute atomic E-state index is 12.8. The van der Waals surface area contributed by atoms with Gasteiger partial charge in [-0.25, -0.2) is 8.42 Å². The second-order valence-corrected chi connectivity index (χ2v) is 8.93. The van der Waals surface area contributed by atoms with E-state index >= 15 is 0 Å². The van der Waals surface area contributed by atoms with Crippen LogP contribution in [0.2, 0.25) is 5.02 Å². The van der Waals surface area contributed by atoms with E-state index in [-0.39, 0.29) is 21.0 Å². The molecule has 0 unspecified atom stereocenters. The second-order valence-electron chi connectivity index (χ2n) is 6.84. The molecule has 10 heteroatoms. The van der Waals surface area contributed by atoms with E-state index in [0.717, 1.165) is 17.2 Å². The van der Waals surface area contributed by atoms with E-state index in [9.17, 15) is 18.0 Å². The summed E-state index contributed by atoms with van der Waals surface area (Å²) in [6.07, 6.45) is 1.35. The van der Waals surface area contributed by atoms with Crippen LogP contribution in [0.5, 0.6) is 0 Å². The monoisotopic (exact) mass is 461 g/mol. The molecule has 8 nitrogen and oxygen atoms in total. The van der Waals surface area contributed by atoms with Crippen LogP contribution in [0.1, 0.15) is 37.6 Å². The predicted molar refractivity (Wildman–Crippen MR) is 117 cm³/mol. The van der Waals surface area contributed by atoms with Gasteiger partial charge in [0.2, 0.25) is 0 Å². The van der Waals surface area contributed by atoms with Gasteiger partial charge in [0.1, 0.15) is 5.76 Å². The third-order valence-corrected chi connectivity index (χ3v) is 6.35. The number of benzene rings is 2. The molecule has 2 aromatic carbocycles. The lowest BCUT2D eigenvalue weighted by molar-refractivity contribution is 0.0845. The summed E-state index contributed by atoms with van der Waals surface area (Å²) in [6, 6.07) is 10.3. The highest BCUT2D eigenvalue weighted by atomic mass is 35.5. The summed E-state index contributed by atoms with van der Waals surface area (Å²) in [5, 5.41) is 0.0244. The first-order valence-corrected chi connectivity index (χ1v) is 11.0. The van der Waals surface area contributed by atoms with Crippen LogP contribution < -0.4 is 15.6 Å². The summed E-state index contributed by atoms with van der Waals surface area (Å²) in [4.78, 5) is 24.4. The molecular weight excluding hydrogens is 442 g/mol. The third-order valence-electron chi connectivity index (χ3n) is 4.64. The van der Waals surface area contributed by atoms with Gasteiger partial charge in [0.05, 0.1) is 27.3 Å². The lowest BCUT2D eigenvalue weighted by Crippen LogP contribution is -2.41. The smallest absolute Gasteiger partial charge is 0.273 e. The van der Waals surface area contributed by atoms with Gasteiger partial charge in [-0.1, -0.05) is 17.7 Å². The van der Waals surface area contributed by atoms with Crippen LogP contribution in [0.3, 0.4) is 0 Å². The van der Waals surface area contributed by atoms with Crippen LogP contribution in [0, 0.1) is 20.8 Å². The molecule has 0 aliphatic rings. The van der Waals surface area contributed by atoms with Gasteiger partial charge in [0, 0.05) is 5.69 Å². The van der Waals surface area contributed by atoms with Crippen molar-refractivity contribution in [1.82, 2.24) is 10.9 Å². The summed E-state index contributed by atoms with van der Waals surface area (Å²) in [5.41, 5.74) is 6.94. The van der Waals surface area contributed by atoms with Crippen molar-refractivity contribution in [3.63, 3.8) is 0 Å². The van der Waals surface area contributed by atoms with Crippen molar-refractivity contribution in [3.05, 3.63) is 81.8 Å². The van der Waals surface area contributed by atoms with Crippen LogP contribution in [-0.2, 0) is 10.0 Å². The number of nitrogens with one attached hydrogen (secondary N) is 3. The first kappa shape index (κ1) is 22.4. The zero-order valence-corrected chi connectivity index (χ0v) is 18.5. The van der Waals surface area contributed by atoms with Crippen molar-refractivity contribution in [2.75, 3.05) is 4.72 Å². The number of hydrazine groups is 1. The molecule has 3 rings (SSSR count). The van der Waals surface area contributed by atoms with E-state index in [2.05, 4.69) is 15.6 Å². The molecule has 2 amide bonds. The minimum atomic E-state index is -3.98. The molecule has 3 aromatic rings. The van der Waals surface area contributed by atoms with Crippen LogP contribution in [0.4, 0.5) is 5.69 Å². The maximum atomic E-state index is 12.8. The van der Waals surface area contributed by atoms with Crippen molar-refractivity contribution < 1.29 is 22.4 Å². The number of halogens is 1. The molecule has 162 valence electrons.